The van der Waals surface area contributed by atoms with E-state index in [1.54, 1.807) is 0 Å². The van der Waals surface area contributed by atoms with Gasteiger partial charge in [0.25, 0.3) is 0 Å². The molecule has 0 radical (unpaired) electrons. The average molecular weight is 539 g/mol. The van der Waals surface area contributed by atoms with Crippen LogP contribution in [0.2, 0.25) is 0 Å². The van der Waals surface area contributed by atoms with Crippen LogP contribution in [-0.4, -0.2) is 68.2 Å². The summed E-state index contributed by atoms with van der Waals surface area (Å²) in [6.45, 7) is 8.44. The Morgan fingerprint density at radius 1 is 0.935 bits per heavy atom. The third-order valence-corrected chi connectivity index (χ3v) is 5.72. The van der Waals surface area contributed by atoms with Crippen LogP contribution in [-0.2, 0) is 17.8 Å². The lowest BCUT2D eigenvalue weighted by Gasteiger charge is -2.36. The number of benzene rings is 2. The van der Waals surface area contributed by atoms with Gasteiger partial charge in [-0.25, -0.2) is 9.38 Å². The molecule has 0 spiro atoms. The zero-order valence-corrected chi connectivity index (χ0v) is 20.1. The Kier molecular flexibility index (Phi) is 8.91. The van der Waals surface area contributed by atoms with Crippen molar-refractivity contribution in [2.45, 2.75) is 13.1 Å². The lowest BCUT2D eigenvalue weighted by Crippen LogP contribution is -2.51. The maximum atomic E-state index is 13.1. The van der Waals surface area contributed by atoms with Gasteiger partial charge in [0.1, 0.15) is 5.82 Å². The second-order valence-corrected chi connectivity index (χ2v) is 7.83. The predicted octanol–water partition coefficient (Wildman–Crippen LogP) is 2.91. The van der Waals surface area contributed by atoms with Crippen LogP contribution in [0.15, 0.2) is 53.5 Å². The number of morpholine rings is 1. The van der Waals surface area contributed by atoms with Crippen molar-refractivity contribution in [3.8, 4) is 0 Å². The summed E-state index contributed by atoms with van der Waals surface area (Å²) >= 11 is 0. The first-order chi connectivity index (χ1) is 14.7. The molecule has 8 heteroatoms. The minimum atomic E-state index is -0.206. The zero-order chi connectivity index (χ0) is 20.8. The Hall–Kier alpha value is -1.91. The number of hydrogen-bond acceptors (Lipinski definition) is 4. The van der Waals surface area contributed by atoms with Crippen molar-refractivity contribution in [2.75, 3.05) is 57.4 Å². The molecule has 2 N–H and O–H groups in total. The lowest BCUT2D eigenvalue weighted by atomic mass is 10.1. The topological polar surface area (TPSA) is 57.3 Å². The molecular weight excluding hydrogens is 508 g/mol. The number of halogens is 2. The van der Waals surface area contributed by atoms with Crippen molar-refractivity contribution < 1.29 is 9.13 Å². The summed E-state index contributed by atoms with van der Waals surface area (Å²) in [5.74, 6) is 0.384. The van der Waals surface area contributed by atoms with E-state index in [0.29, 0.717) is 12.5 Å². The maximum Gasteiger partial charge on any atom is 0.191 e. The van der Waals surface area contributed by atoms with Gasteiger partial charge in [0, 0.05) is 51.5 Å². The van der Waals surface area contributed by atoms with E-state index >= 15 is 0 Å². The highest BCUT2D eigenvalue weighted by atomic mass is 127. The highest BCUT2D eigenvalue weighted by Crippen LogP contribution is 2.17. The third kappa shape index (κ3) is 6.78. The van der Waals surface area contributed by atoms with Crippen LogP contribution >= 0.6 is 24.0 Å². The van der Waals surface area contributed by atoms with Gasteiger partial charge in [-0.3, -0.25) is 4.90 Å². The third-order valence-electron chi connectivity index (χ3n) is 5.72. The first-order valence-electron chi connectivity index (χ1n) is 10.6. The fourth-order valence-corrected chi connectivity index (χ4v) is 3.96. The molecule has 0 aliphatic carbocycles. The monoisotopic (exact) mass is 539 g/mol. The number of nitrogens with zero attached hydrogens (tertiary/aromatic N) is 4. The van der Waals surface area contributed by atoms with E-state index in [-0.39, 0.29) is 29.8 Å². The second-order valence-electron chi connectivity index (χ2n) is 7.83. The highest BCUT2D eigenvalue weighted by molar-refractivity contribution is 14.0. The number of guanidine groups is 1. The minimum absolute atomic E-state index is 0. The van der Waals surface area contributed by atoms with E-state index in [1.165, 1.54) is 23.3 Å². The molecule has 2 fully saturated rings. The Labute approximate surface area is 200 Å². The van der Waals surface area contributed by atoms with Gasteiger partial charge >= 0.3 is 0 Å². The Balaban J connectivity index is 0.00000272. The molecule has 0 amide bonds. The van der Waals surface area contributed by atoms with E-state index in [9.17, 15) is 4.39 Å². The molecule has 2 heterocycles. The molecule has 2 aliphatic rings. The maximum absolute atomic E-state index is 13.1. The second kappa shape index (κ2) is 11.6. The van der Waals surface area contributed by atoms with Crippen LogP contribution in [0.3, 0.4) is 0 Å². The number of anilines is 1. The highest BCUT2D eigenvalue weighted by Gasteiger charge is 2.18. The number of rotatable bonds is 5. The summed E-state index contributed by atoms with van der Waals surface area (Å²) in [6, 6.07) is 15.2. The predicted molar refractivity (Wildman–Crippen MR) is 133 cm³/mol. The molecule has 0 atom stereocenters. The van der Waals surface area contributed by atoms with Crippen LogP contribution < -0.4 is 10.6 Å². The molecule has 168 valence electrons. The molecule has 2 aromatic rings. The van der Waals surface area contributed by atoms with E-state index in [1.807, 2.05) is 12.1 Å². The van der Waals surface area contributed by atoms with E-state index in [4.69, 9.17) is 10.5 Å². The van der Waals surface area contributed by atoms with E-state index in [2.05, 4.69) is 44.0 Å². The number of piperazine rings is 1. The SMILES string of the molecule is I.NC(=NCc1cccc(CN2CCOCC2)c1)N1CCN(c2ccc(F)cc2)CC1. The Morgan fingerprint density at radius 3 is 2.32 bits per heavy atom. The molecule has 0 bridgehead atoms. The smallest absolute Gasteiger partial charge is 0.191 e. The van der Waals surface area contributed by atoms with Crippen LogP contribution in [0.4, 0.5) is 10.1 Å². The number of nitrogens with two attached hydrogens (primary N) is 1. The molecular formula is C23H31FIN5O. The molecule has 4 rings (SSSR count). The van der Waals surface area contributed by atoms with Crippen LogP contribution in [0.25, 0.3) is 0 Å². The van der Waals surface area contributed by atoms with Crippen LogP contribution in [0.5, 0.6) is 0 Å². The first-order valence-corrected chi connectivity index (χ1v) is 10.6. The van der Waals surface area contributed by atoms with Gasteiger partial charge in [0.05, 0.1) is 19.8 Å². The van der Waals surface area contributed by atoms with Crippen LogP contribution in [0.1, 0.15) is 11.1 Å². The van der Waals surface area contributed by atoms with Gasteiger partial charge in [-0.1, -0.05) is 24.3 Å². The van der Waals surface area contributed by atoms with Gasteiger partial charge in [0.15, 0.2) is 5.96 Å². The summed E-state index contributed by atoms with van der Waals surface area (Å²) in [6.07, 6.45) is 0. The summed E-state index contributed by atoms with van der Waals surface area (Å²) in [4.78, 5) is 11.4. The Bertz CT molecular complexity index is 849. The van der Waals surface area contributed by atoms with Crippen molar-refractivity contribution in [1.29, 1.82) is 0 Å². The Morgan fingerprint density at radius 2 is 1.61 bits per heavy atom. The molecule has 2 saturated heterocycles. The van der Waals surface area contributed by atoms with Crippen molar-refractivity contribution >= 4 is 35.6 Å². The summed E-state index contributed by atoms with van der Waals surface area (Å²) in [5.41, 5.74) is 9.80. The summed E-state index contributed by atoms with van der Waals surface area (Å²) in [7, 11) is 0. The molecule has 0 saturated carbocycles. The van der Waals surface area contributed by atoms with E-state index < -0.39 is 0 Å². The fourth-order valence-electron chi connectivity index (χ4n) is 3.96. The van der Waals surface area contributed by atoms with Crippen molar-refractivity contribution in [3.05, 3.63) is 65.5 Å². The molecule has 31 heavy (non-hydrogen) atoms. The van der Waals surface area contributed by atoms with Gasteiger partial charge in [0.2, 0.25) is 0 Å². The number of ether oxygens (including phenoxy) is 1. The van der Waals surface area contributed by atoms with Crippen molar-refractivity contribution in [3.63, 3.8) is 0 Å². The minimum Gasteiger partial charge on any atom is -0.379 e. The van der Waals surface area contributed by atoms with Gasteiger partial charge in [-0.2, -0.15) is 0 Å². The van der Waals surface area contributed by atoms with Gasteiger partial charge < -0.3 is 20.3 Å². The molecule has 2 aliphatic heterocycles. The molecule has 0 unspecified atom stereocenters. The summed E-state index contributed by atoms with van der Waals surface area (Å²) in [5, 5.41) is 0. The number of aliphatic imine (C=N–C) groups is 1. The lowest BCUT2D eigenvalue weighted by molar-refractivity contribution is 0.0342. The van der Waals surface area contributed by atoms with Crippen molar-refractivity contribution in [2.24, 2.45) is 10.7 Å². The largest absolute Gasteiger partial charge is 0.379 e. The fraction of sp³-hybridized carbons (Fsp3) is 0.435. The number of hydrogen-bond donors (Lipinski definition) is 1. The van der Waals surface area contributed by atoms with Gasteiger partial charge in [-0.15, -0.1) is 24.0 Å². The zero-order valence-electron chi connectivity index (χ0n) is 17.8. The standard InChI is InChI=1S/C23H30FN5O.HI/c24-21-4-6-22(7-5-21)28-8-10-29(11-9-28)23(25)26-17-19-2-1-3-20(16-19)18-27-12-14-30-15-13-27;/h1-7,16H,8-15,17-18H2,(H2,25,26);1H. The summed E-state index contributed by atoms with van der Waals surface area (Å²) < 4.78 is 18.5. The van der Waals surface area contributed by atoms with Crippen molar-refractivity contribution in [1.82, 2.24) is 9.80 Å². The molecule has 2 aromatic carbocycles. The van der Waals surface area contributed by atoms with Gasteiger partial charge in [-0.05, 0) is 35.4 Å². The molecule has 0 aromatic heterocycles. The average Bonchev–Trinajstić information content (AvgIpc) is 2.79. The quantitative estimate of drug-likeness (QED) is 0.360. The van der Waals surface area contributed by atoms with Crippen LogP contribution in [0, 0.1) is 5.82 Å². The van der Waals surface area contributed by atoms with E-state index in [0.717, 1.165) is 64.7 Å². The normalized spacial score (nSPS) is 18.0. The molecule has 6 nitrogen and oxygen atoms in total. The first kappa shape index (κ1) is 23.7.